The Hall–Kier alpha value is -1.78. The van der Waals surface area contributed by atoms with Crippen molar-refractivity contribution >= 4 is 11.9 Å². The highest BCUT2D eigenvalue weighted by Crippen LogP contribution is 2.20. The molecule has 1 aromatic heterocycles. The second kappa shape index (κ2) is 5.34. The molecule has 0 aromatic carbocycles. The molecule has 0 saturated heterocycles. The Morgan fingerprint density at radius 1 is 1.50 bits per heavy atom. The minimum absolute atomic E-state index is 0.184. The largest absolute Gasteiger partial charge is 0.481 e. The Kier molecular flexibility index (Phi) is 4.10. The summed E-state index contributed by atoms with van der Waals surface area (Å²) in [5.74, 6) is -0.000845. The van der Waals surface area contributed by atoms with Crippen molar-refractivity contribution in [2.45, 2.75) is 32.7 Å². The monoisotopic (exact) mass is 225 g/mol. The maximum Gasteiger partial charge on any atom is 0.305 e. The third kappa shape index (κ3) is 3.42. The first-order valence-electron chi connectivity index (χ1n) is 5.10. The molecule has 16 heavy (non-hydrogen) atoms. The average Bonchev–Trinajstić information content (AvgIpc) is 2.63. The van der Waals surface area contributed by atoms with Gasteiger partial charge >= 0.3 is 5.97 Å². The van der Waals surface area contributed by atoms with Gasteiger partial charge in [0.05, 0.1) is 12.5 Å². The number of amides is 1. The number of rotatable bonds is 5. The number of carboxylic acid groups (broad SMARTS) is 1. The van der Waals surface area contributed by atoms with Gasteiger partial charge in [-0.15, -0.1) is 0 Å². The van der Waals surface area contributed by atoms with E-state index in [4.69, 9.17) is 9.52 Å². The van der Waals surface area contributed by atoms with Crippen LogP contribution in [0.15, 0.2) is 16.5 Å². The lowest BCUT2D eigenvalue weighted by Gasteiger charge is -2.12. The third-order valence-electron chi connectivity index (χ3n) is 2.13. The molecule has 0 aliphatic carbocycles. The van der Waals surface area contributed by atoms with E-state index in [1.165, 1.54) is 6.92 Å². The lowest BCUT2D eigenvalue weighted by atomic mass is 10.1. The van der Waals surface area contributed by atoms with Gasteiger partial charge in [0.1, 0.15) is 11.5 Å². The van der Waals surface area contributed by atoms with Crippen molar-refractivity contribution in [1.82, 2.24) is 5.32 Å². The minimum atomic E-state index is -0.979. The van der Waals surface area contributed by atoms with Crippen LogP contribution in [0.2, 0.25) is 0 Å². The zero-order chi connectivity index (χ0) is 12.1. The number of nitrogens with one attached hydrogen (secondary N) is 1. The van der Waals surface area contributed by atoms with Gasteiger partial charge in [0, 0.05) is 13.3 Å². The number of carbonyl (C=O) groups is 2. The van der Waals surface area contributed by atoms with Gasteiger partial charge in [-0.25, -0.2) is 0 Å². The molecule has 88 valence electrons. The van der Waals surface area contributed by atoms with Crippen molar-refractivity contribution in [2.24, 2.45) is 0 Å². The molecule has 0 fully saturated rings. The lowest BCUT2D eigenvalue weighted by Crippen LogP contribution is -2.27. The van der Waals surface area contributed by atoms with E-state index in [0.717, 1.165) is 12.2 Å². The molecule has 0 radical (unpaired) electrons. The average molecular weight is 225 g/mol. The van der Waals surface area contributed by atoms with Crippen LogP contribution in [0.25, 0.3) is 0 Å². The quantitative estimate of drug-likeness (QED) is 0.795. The molecule has 1 rings (SSSR count). The van der Waals surface area contributed by atoms with Crippen LogP contribution in [-0.2, 0) is 16.0 Å². The summed E-state index contributed by atoms with van der Waals surface area (Å²) >= 11 is 0. The van der Waals surface area contributed by atoms with Gasteiger partial charge in [-0.05, 0) is 12.1 Å². The van der Waals surface area contributed by atoms with E-state index < -0.39 is 12.0 Å². The van der Waals surface area contributed by atoms with Gasteiger partial charge < -0.3 is 14.8 Å². The van der Waals surface area contributed by atoms with Gasteiger partial charge in [-0.2, -0.15) is 0 Å². The number of carbonyl (C=O) groups excluding carboxylic acids is 1. The van der Waals surface area contributed by atoms with Crippen LogP contribution in [0.5, 0.6) is 0 Å². The molecule has 5 heteroatoms. The Bertz CT molecular complexity index is 367. The second-order valence-electron chi connectivity index (χ2n) is 3.51. The molecule has 2 N–H and O–H groups in total. The summed E-state index contributed by atoms with van der Waals surface area (Å²) < 4.78 is 5.42. The molecule has 1 atom stereocenters. The number of hydrogen-bond acceptors (Lipinski definition) is 3. The Morgan fingerprint density at radius 2 is 2.19 bits per heavy atom. The minimum Gasteiger partial charge on any atom is -0.481 e. The van der Waals surface area contributed by atoms with E-state index in [1.54, 1.807) is 12.1 Å². The normalized spacial score (nSPS) is 12.1. The molecular weight excluding hydrogens is 210 g/mol. The zero-order valence-electron chi connectivity index (χ0n) is 9.32. The van der Waals surface area contributed by atoms with Crippen molar-refractivity contribution in [3.63, 3.8) is 0 Å². The Morgan fingerprint density at radius 3 is 2.62 bits per heavy atom. The van der Waals surface area contributed by atoms with Crippen LogP contribution in [0.1, 0.15) is 37.8 Å². The fraction of sp³-hybridized carbons (Fsp3) is 0.455. The first-order valence-corrected chi connectivity index (χ1v) is 5.10. The highest BCUT2D eigenvalue weighted by molar-refractivity contribution is 5.75. The smallest absolute Gasteiger partial charge is 0.305 e. The van der Waals surface area contributed by atoms with Crippen molar-refractivity contribution in [1.29, 1.82) is 0 Å². The summed E-state index contributed by atoms with van der Waals surface area (Å²) in [4.78, 5) is 21.6. The highest BCUT2D eigenvalue weighted by atomic mass is 16.4. The fourth-order valence-electron chi connectivity index (χ4n) is 1.41. The van der Waals surface area contributed by atoms with Crippen molar-refractivity contribution in [2.75, 3.05) is 0 Å². The van der Waals surface area contributed by atoms with Crippen LogP contribution < -0.4 is 5.32 Å². The summed E-state index contributed by atoms with van der Waals surface area (Å²) in [6.07, 6.45) is 0.552. The van der Waals surface area contributed by atoms with E-state index in [-0.39, 0.29) is 12.3 Å². The molecule has 0 bridgehead atoms. The molecule has 0 spiro atoms. The first kappa shape index (κ1) is 12.3. The molecule has 0 aliphatic rings. The van der Waals surface area contributed by atoms with Crippen molar-refractivity contribution in [3.8, 4) is 0 Å². The van der Waals surface area contributed by atoms with Gasteiger partial charge in [0.25, 0.3) is 0 Å². The van der Waals surface area contributed by atoms with Crippen LogP contribution in [0.4, 0.5) is 0 Å². The number of aliphatic carboxylic acids is 1. The SMILES string of the molecule is CCc1ccc([C@@H](CC(=O)O)NC(C)=O)o1. The Labute approximate surface area is 93.4 Å². The van der Waals surface area contributed by atoms with E-state index in [0.29, 0.717) is 5.76 Å². The first-order chi connectivity index (χ1) is 7.52. The number of furan rings is 1. The van der Waals surface area contributed by atoms with Crippen LogP contribution in [-0.4, -0.2) is 17.0 Å². The van der Waals surface area contributed by atoms with Crippen molar-refractivity contribution in [3.05, 3.63) is 23.7 Å². The summed E-state index contributed by atoms with van der Waals surface area (Å²) in [5.41, 5.74) is 0. The maximum absolute atomic E-state index is 10.9. The standard InChI is InChI=1S/C11H15NO4/c1-3-8-4-5-10(16-8)9(6-11(14)15)12-7(2)13/h4-5,9H,3,6H2,1-2H3,(H,12,13)(H,14,15)/t9-/m1/s1. The summed E-state index contributed by atoms with van der Waals surface area (Å²) in [6, 6.07) is 2.88. The molecule has 1 amide bonds. The third-order valence-corrected chi connectivity index (χ3v) is 2.13. The highest BCUT2D eigenvalue weighted by Gasteiger charge is 2.19. The summed E-state index contributed by atoms with van der Waals surface area (Å²) in [7, 11) is 0. The van der Waals surface area contributed by atoms with Crippen LogP contribution in [0, 0.1) is 0 Å². The summed E-state index contributed by atoms with van der Waals surface area (Å²) in [6.45, 7) is 3.28. The van der Waals surface area contributed by atoms with Gasteiger partial charge in [-0.3, -0.25) is 9.59 Å². The number of carboxylic acids is 1. The van der Waals surface area contributed by atoms with Crippen LogP contribution in [0.3, 0.4) is 0 Å². The fourth-order valence-corrected chi connectivity index (χ4v) is 1.41. The lowest BCUT2D eigenvalue weighted by molar-refractivity contribution is -0.137. The predicted octanol–water partition coefficient (Wildman–Crippen LogP) is 1.49. The zero-order valence-corrected chi connectivity index (χ0v) is 9.32. The molecule has 1 aromatic rings. The molecule has 5 nitrogen and oxygen atoms in total. The molecule has 0 unspecified atom stereocenters. The van der Waals surface area contributed by atoms with Crippen molar-refractivity contribution < 1.29 is 19.1 Å². The van der Waals surface area contributed by atoms with E-state index in [1.807, 2.05) is 6.92 Å². The number of aryl methyl sites for hydroxylation is 1. The number of hydrogen-bond donors (Lipinski definition) is 2. The maximum atomic E-state index is 10.9. The van der Waals surface area contributed by atoms with Gasteiger partial charge in [-0.1, -0.05) is 6.92 Å². The van der Waals surface area contributed by atoms with E-state index in [2.05, 4.69) is 5.32 Å². The molecule has 0 aliphatic heterocycles. The molecule has 1 heterocycles. The second-order valence-corrected chi connectivity index (χ2v) is 3.51. The van der Waals surface area contributed by atoms with Crippen LogP contribution >= 0.6 is 0 Å². The van der Waals surface area contributed by atoms with E-state index >= 15 is 0 Å². The molecular formula is C11H15NO4. The van der Waals surface area contributed by atoms with E-state index in [9.17, 15) is 9.59 Å². The summed E-state index contributed by atoms with van der Waals surface area (Å²) in [5, 5.41) is 11.3. The van der Waals surface area contributed by atoms with Gasteiger partial charge in [0.2, 0.25) is 5.91 Å². The Balaban J connectivity index is 2.82. The topological polar surface area (TPSA) is 79.5 Å². The van der Waals surface area contributed by atoms with Gasteiger partial charge in [0.15, 0.2) is 0 Å². The predicted molar refractivity (Wildman–Crippen MR) is 56.9 cm³/mol. The molecule has 0 saturated carbocycles.